The Kier molecular flexibility index (Phi) is 4.83. The molecule has 0 radical (unpaired) electrons. The molecule has 6 nitrogen and oxygen atoms in total. The van der Waals surface area contributed by atoms with Gasteiger partial charge in [0.05, 0.1) is 12.1 Å². The highest BCUT2D eigenvalue weighted by Crippen LogP contribution is 2.23. The highest BCUT2D eigenvalue weighted by atomic mass is 32.1. The van der Waals surface area contributed by atoms with Gasteiger partial charge in [0.15, 0.2) is 0 Å². The van der Waals surface area contributed by atoms with E-state index in [1.54, 1.807) is 17.7 Å². The van der Waals surface area contributed by atoms with Gasteiger partial charge in [-0.15, -0.1) is 0 Å². The molecule has 0 bridgehead atoms. The predicted octanol–water partition coefficient (Wildman–Crippen LogP) is 2.82. The SMILES string of the molecule is O=C(c1ccsc1)N1CCC(Oc2cc(N3CCCCC3)ncn2)C1. The maximum Gasteiger partial charge on any atom is 0.254 e. The molecule has 132 valence electrons. The number of thiophene rings is 1. The van der Waals surface area contributed by atoms with Crippen molar-refractivity contribution >= 4 is 23.1 Å². The Morgan fingerprint density at radius 2 is 2.08 bits per heavy atom. The third-order valence-electron chi connectivity index (χ3n) is 4.80. The molecule has 0 N–H and O–H groups in total. The predicted molar refractivity (Wildman–Crippen MR) is 97.4 cm³/mol. The number of nitrogens with zero attached hydrogens (tertiary/aromatic N) is 4. The minimum absolute atomic E-state index is 0.00769. The summed E-state index contributed by atoms with van der Waals surface area (Å²) in [5, 5.41) is 3.83. The van der Waals surface area contributed by atoms with Crippen molar-refractivity contribution < 1.29 is 9.53 Å². The van der Waals surface area contributed by atoms with Crippen LogP contribution in [0.3, 0.4) is 0 Å². The van der Waals surface area contributed by atoms with Gasteiger partial charge >= 0.3 is 0 Å². The Balaban J connectivity index is 1.37. The average molecular weight is 358 g/mol. The number of hydrogen-bond acceptors (Lipinski definition) is 6. The first kappa shape index (κ1) is 16.3. The van der Waals surface area contributed by atoms with Gasteiger partial charge in [0.25, 0.3) is 5.91 Å². The molecule has 4 heterocycles. The summed E-state index contributed by atoms with van der Waals surface area (Å²) < 4.78 is 6.04. The Morgan fingerprint density at radius 1 is 1.20 bits per heavy atom. The molecule has 0 spiro atoms. The molecule has 25 heavy (non-hydrogen) atoms. The van der Waals surface area contributed by atoms with Crippen LogP contribution in [-0.2, 0) is 0 Å². The standard InChI is InChI=1S/C18H22N4O2S/c23-18(14-5-9-25-12-14)22-8-4-15(11-22)24-17-10-16(19-13-20-17)21-6-2-1-3-7-21/h5,9-10,12-13,15H,1-4,6-8,11H2. The van der Waals surface area contributed by atoms with Crippen LogP contribution in [0.5, 0.6) is 5.88 Å². The van der Waals surface area contributed by atoms with E-state index in [1.807, 2.05) is 27.8 Å². The minimum atomic E-state index is -0.00769. The topological polar surface area (TPSA) is 58.6 Å². The number of rotatable bonds is 4. The lowest BCUT2D eigenvalue weighted by Gasteiger charge is -2.27. The van der Waals surface area contributed by atoms with Gasteiger partial charge in [0, 0.05) is 37.5 Å². The number of amides is 1. The van der Waals surface area contributed by atoms with E-state index in [0.29, 0.717) is 12.4 Å². The Bertz CT molecular complexity index is 716. The molecule has 2 saturated heterocycles. The lowest BCUT2D eigenvalue weighted by atomic mass is 10.1. The first-order chi connectivity index (χ1) is 12.3. The van der Waals surface area contributed by atoms with Gasteiger partial charge in [-0.1, -0.05) is 0 Å². The van der Waals surface area contributed by atoms with Crippen molar-refractivity contribution in [3.8, 4) is 5.88 Å². The fourth-order valence-electron chi connectivity index (χ4n) is 3.44. The molecule has 2 aliphatic heterocycles. The number of aromatic nitrogens is 2. The molecule has 2 aromatic rings. The van der Waals surface area contributed by atoms with Gasteiger partial charge in [0.1, 0.15) is 18.2 Å². The summed E-state index contributed by atoms with van der Waals surface area (Å²) in [6.07, 6.45) is 6.11. The van der Waals surface area contributed by atoms with Crippen molar-refractivity contribution in [1.29, 1.82) is 0 Å². The molecule has 0 aromatic carbocycles. The quantitative estimate of drug-likeness (QED) is 0.841. The van der Waals surface area contributed by atoms with Crippen LogP contribution in [0.25, 0.3) is 0 Å². The highest BCUT2D eigenvalue weighted by Gasteiger charge is 2.29. The van der Waals surface area contributed by atoms with Crippen molar-refractivity contribution in [2.45, 2.75) is 31.8 Å². The van der Waals surface area contributed by atoms with E-state index in [0.717, 1.165) is 37.4 Å². The second kappa shape index (κ2) is 7.39. The molecule has 7 heteroatoms. The van der Waals surface area contributed by atoms with Crippen LogP contribution in [0.4, 0.5) is 5.82 Å². The molecule has 2 fully saturated rings. The molecular weight excluding hydrogens is 336 g/mol. The lowest BCUT2D eigenvalue weighted by Crippen LogP contribution is -2.31. The van der Waals surface area contributed by atoms with Crippen LogP contribution in [0.1, 0.15) is 36.0 Å². The maximum absolute atomic E-state index is 12.4. The van der Waals surface area contributed by atoms with E-state index >= 15 is 0 Å². The number of hydrogen-bond donors (Lipinski definition) is 0. The number of anilines is 1. The maximum atomic E-state index is 12.4. The zero-order chi connectivity index (χ0) is 17.1. The van der Waals surface area contributed by atoms with E-state index in [2.05, 4.69) is 14.9 Å². The summed E-state index contributed by atoms with van der Waals surface area (Å²) in [4.78, 5) is 25.2. The van der Waals surface area contributed by atoms with Crippen LogP contribution in [0, 0.1) is 0 Å². The van der Waals surface area contributed by atoms with Crippen LogP contribution in [-0.4, -0.2) is 53.1 Å². The zero-order valence-corrected chi connectivity index (χ0v) is 15.0. The molecule has 0 aliphatic carbocycles. The lowest BCUT2D eigenvalue weighted by molar-refractivity contribution is 0.0771. The molecule has 0 saturated carbocycles. The summed E-state index contributed by atoms with van der Waals surface area (Å²) >= 11 is 1.54. The third-order valence-corrected chi connectivity index (χ3v) is 5.48. The van der Waals surface area contributed by atoms with E-state index in [1.165, 1.54) is 19.3 Å². The number of ether oxygens (including phenoxy) is 1. The van der Waals surface area contributed by atoms with Gasteiger partial charge in [-0.25, -0.2) is 9.97 Å². The Hall–Kier alpha value is -2.15. The summed E-state index contributed by atoms with van der Waals surface area (Å²) in [5.74, 6) is 1.63. The van der Waals surface area contributed by atoms with E-state index < -0.39 is 0 Å². The smallest absolute Gasteiger partial charge is 0.254 e. The summed E-state index contributed by atoms with van der Waals surface area (Å²) in [5.41, 5.74) is 0.764. The fraction of sp³-hybridized carbons (Fsp3) is 0.500. The third kappa shape index (κ3) is 3.76. The molecule has 2 aromatic heterocycles. The number of carbonyl (C=O) groups excluding carboxylic acids is 1. The van der Waals surface area contributed by atoms with Gasteiger partial charge in [-0.05, 0) is 30.7 Å². The summed E-state index contributed by atoms with van der Waals surface area (Å²) in [7, 11) is 0. The first-order valence-corrected chi connectivity index (χ1v) is 9.79. The monoisotopic (exact) mass is 358 g/mol. The largest absolute Gasteiger partial charge is 0.472 e. The van der Waals surface area contributed by atoms with Gasteiger partial charge in [0.2, 0.25) is 5.88 Å². The number of piperidine rings is 1. The minimum Gasteiger partial charge on any atom is -0.472 e. The molecular formula is C18H22N4O2S. The summed E-state index contributed by atoms with van der Waals surface area (Å²) in [6.45, 7) is 3.42. The van der Waals surface area contributed by atoms with Crippen LogP contribution in [0.15, 0.2) is 29.2 Å². The van der Waals surface area contributed by atoms with Gasteiger partial charge in [-0.3, -0.25) is 4.79 Å². The molecule has 1 amide bonds. The Labute approximate surface area is 151 Å². The first-order valence-electron chi connectivity index (χ1n) is 8.85. The molecule has 1 unspecified atom stereocenters. The van der Waals surface area contributed by atoms with E-state index in [-0.39, 0.29) is 12.0 Å². The zero-order valence-electron chi connectivity index (χ0n) is 14.1. The molecule has 1 atom stereocenters. The van der Waals surface area contributed by atoms with Crippen LogP contribution >= 0.6 is 11.3 Å². The summed E-state index contributed by atoms with van der Waals surface area (Å²) in [6, 6.07) is 3.80. The second-order valence-electron chi connectivity index (χ2n) is 6.55. The van der Waals surface area contributed by atoms with Crippen molar-refractivity contribution in [3.63, 3.8) is 0 Å². The fourth-order valence-corrected chi connectivity index (χ4v) is 4.07. The van der Waals surface area contributed by atoms with Gasteiger partial charge in [-0.2, -0.15) is 11.3 Å². The van der Waals surface area contributed by atoms with E-state index in [4.69, 9.17) is 4.74 Å². The van der Waals surface area contributed by atoms with Gasteiger partial charge < -0.3 is 14.5 Å². The second-order valence-corrected chi connectivity index (χ2v) is 7.33. The van der Waals surface area contributed by atoms with Crippen molar-refractivity contribution in [2.24, 2.45) is 0 Å². The molecule has 2 aliphatic rings. The number of likely N-dealkylation sites (tertiary alicyclic amines) is 1. The Morgan fingerprint density at radius 3 is 2.88 bits per heavy atom. The number of carbonyl (C=O) groups is 1. The van der Waals surface area contributed by atoms with E-state index in [9.17, 15) is 4.79 Å². The average Bonchev–Trinajstić information content (AvgIpc) is 3.34. The molecule has 4 rings (SSSR count). The van der Waals surface area contributed by atoms with Crippen molar-refractivity contribution in [2.75, 3.05) is 31.1 Å². The van der Waals surface area contributed by atoms with Crippen molar-refractivity contribution in [1.82, 2.24) is 14.9 Å². The highest BCUT2D eigenvalue weighted by molar-refractivity contribution is 7.08. The van der Waals surface area contributed by atoms with Crippen molar-refractivity contribution in [3.05, 3.63) is 34.8 Å². The van der Waals surface area contributed by atoms with Crippen LogP contribution < -0.4 is 9.64 Å². The normalized spacial score (nSPS) is 20.7. The van der Waals surface area contributed by atoms with Crippen LogP contribution in [0.2, 0.25) is 0 Å².